The summed E-state index contributed by atoms with van der Waals surface area (Å²) in [5, 5.41) is 6.85. The second kappa shape index (κ2) is 8.97. The van der Waals surface area contributed by atoms with Gasteiger partial charge in [0.2, 0.25) is 5.91 Å². The van der Waals surface area contributed by atoms with E-state index in [1.165, 1.54) is 23.8 Å². The molecular formula is C24H23N3O2S. The van der Waals surface area contributed by atoms with Gasteiger partial charge in [0, 0.05) is 30.9 Å². The molecule has 0 bridgehead atoms. The van der Waals surface area contributed by atoms with Crippen LogP contribution in [0.5, 0.6) is 10.9 Å². The minimum absolute atomic E-state index is 0.0135. The number of amides is 1. The van der Waals surface area contributed by atoms with Gasteiger partial charge < -0.3 is 15.4 Å². The fourth-order valence-corrected chi connectivity index (χ4v) is 3.99. The number of aromatic nitrogens is 1. The Hall–Kier alpha value is -3.38. The number of carbonyl (C=O) groups excluding carboxylic acids is 1. The number of carbonyl (C=O) groups is 1. The average molecular weight is 418 g/mol. The summed E-state index contributed by atoms with van der Waals surface area (Å²) >= 11 is 1.52. The molecule has 0 saturated heterocycles. The fourth-order valence-electron chi connectivity index (χ4n) is 3.11. The quantitative estimate of drug-likeness (QED) is 0.383. The van der Waals surface area contributed by atoms with E-state index in [-0.39, 0.29) is 11.8 Å². The van der Waals surface area contributed by atoms with E-state index in [1.54, 1.807) is 0 Å². The van der Waals surface area contributed by atoms with Crippen LogP contribution in [0.3, 0.4) is 0 Å². The maximum atomic E-state index is 11.2. The summed E-state index contributed by atoms with van der Waals surface area (Å²) in [5.74, 6) is 0.945. The highest BCUT2D eigenvalue weighted by molar-refractivity contribution is 7.20. The van der Waals surface area contributed by atoms with Gasteiger partial charge >= 0.3 is 0 Å². The van der Waals surface area contributed by atoms with Crippen molar-refractivity contribution in [3.05, 3.63) is 78.4 Å². The SMILES string of the molecule is CC(=O)NCC(C)c1ccc2nc(Oc3cccc(Nc4ccccc4)c3)sc2c1. The highest BCUT2D eigenvalue weighted by atomic mass is 32.1. The summed E-state index contributed by atoms with van der Waals surface area (Å²) in [6.07, 6.45) is 0. The van der Waals surface area contributed by atoms with Gasteiger partial charge in [-0.2, -0.15) is 0 Å². The Morgan fingerprint density at radius 2 is 1.83 bits per heavy atom. The van der Waals surface area contributed by atoms with Crippen LogP contribution in [0.2, 0.25) is 0 Å². The molecule has 1 unspecified atom stereocenters. The van der Waals surface area contributed by atoms with E-state index in [0.29, 0.717) is 11.7 Å². The Morgan fingerprint density at radius 3 is 2.63 bits per heavy atom. The lowest BCUT2D eigenvalue weighted by Crippen LogP contribution is -2.24. The highest BCUT2D eigenvalue weighted by Gasteiger charge is 2.11. The lowest BCUT2D eigenvalue weighted by atomic mass is 10.0. The van der Waals surface area contributed by atoms with Crippen LogP contribution in [0, 0.1) is 0 Å². The number of ether oxygens (including phenoxy) is 1. The average Bonchev–Trinajstić information content (AvgIpc) is 3.14. The number of nitrogens with one attached hydrogen (secondary N) is 2. The van der Waals surface area contributed by atoms with Crippen LogP contribution in [0.1, 0.15) is 25.3 Å². The van der Waals surface area contributed by atoms with Crippen molar-refractivity contribution in [3.63, 3.8) is 0 Å². The number of thiazole rings is 1. The van der Waals surface area contributed by atoms with E-state index >= 15 is 0 Å². The van der Waals surface area contributed by atoms with Gasteiger partial charge in [0.1, 0.15) is 5.75 Å². The number of nitrogens with zero attached hydrogens (tertiary/aromatic N) is 1. The number of anilines is 2. The molecule has 0 aliphatic heterocycles. The van der Waals surface area contributed by atoms with E-state index in [4.69, 9.17) is 4.74 Å². The number of para-hydroxylation sites is 1. The smallest absolute Gasteiger partial charge is 0.279 e. The van der Waals surface area contributed by atoms with Gasteiger partial charge in [0.25, 0.3) is 5.19 Å². The molecule has 1 aromatic heterocycles. The number of rotatable bonds is 7. The lowest BCUT2D eigenvalue weighted by Gasteiger charge is -2.11. The highest BCUT2D eigenvalue weighted by Crippen LogP contribution is 2.34. The van der Waals surface area contributed by atoms with E-state index < -0.39 is 0 Å². The normalized spacial score (nSPS) is 11.8. The molecule has 0 aliphatic rings. The van der Waals surface area contributed by atoms with Gasteiger partial charge in [-0.3, -0.25) is 4.79 Å². The Bertz CT molecular complexity index is 1160. The van der Waals surface area contributed by atoms with Crippen LogP contribution in [0.25, 0.3) is 10.2 Å². The molecule has 6 heteroatoms. The summed E-state index contributed by atoms with van der Waals surface area (Å²) in [5.41, 5.74) is 4.05. The van der Waals surface area contributed by atoms with E-state index in [0.717, 1.165) is 27.3 Å². The largest absolute Gasteiger partial charge is 0.431 e. The van der Waals surface area contributed by atoms with Crippen LogP contribution in [0.15, 0.2) is 72.8 Å². The third kappa shape index (κ3) is 4.96. The first kappa shape index (κ1) is 19.9. The maximum Gasteiger partial charge on any atom is 0.279 e. The first-order valence-corrected chi connectivity index (χ1v) is 10.6. The monoisotopic (exact) mass is 417 g/mol. The second-order valence-corrected chi connectivity index (χ2v) is 8.16. The minimum Gasteiger partial charge on any atom is -0.431 e. The second-order valence-electron chi connectivity index (χ2n) is 7.17. The van der Waals surface area contributed by atoms with Crippen molar-refractivity contribution in [2.45, 2.75) is 19.8 Å². The minimum atomic E-state index is -0.0135. The third-order valence-corrected chi connectivity index (χ3v) is 5.62. The zero-order chi connectivity index (χ0) is 20.9. The van der Waals surface area contributed by atoms with Crippen molar-refractivity contribution in [3.8, 4) is 10.9 Å². The van der Waals surface area contributed by atoms with Crippen molar-refractivity contribution in [2.24, 2.45) is 0 Å². The molecule has 1 atom stereocenters. The summed E-state index contributed by atoms with van der Waals surface area (Å²) < 4.78 is 7.10. The van der Waals surface area contributed by atoms with Gasteiger partial charge in [-0.05, 0) is 47.9 Å². The molecule has 5 nitrogen and oxygen atoms in total. The maximum absolute atomic E-state index is 11.2. The van der Waals surface area contributed by atoms with Gasteiger partial charge in [-0.15, -0.1) is 0 Å². The molecular weight excluding hydrogens is 394 g/mol. The van der Waals surface area contributed by atoms with Gasteiger partial charge in [0.15, 0.2) is 0 Å². The Labute approximate surface area is 179 Å². The summed E-state index contributed by atoms with van der Waals surface area (Å²) in [4.78, 5) is 15.8. The van der Waals surface area contributed by atoms with Crippen LogP contribution >= 0.6 is 11.3 Å². The van der Waals surface area contributed by atoms with Crippen LogP contribution < -0.4 is 15.4 Å². The van der Waals surface area contributed by atoms with Gasteiger partial charge in [0.05, 0.1) is 10.2 Å². The molecule has 3 aromatic carbocycles. The molecule has 152 valence electrons. The molecule has 0 saturated carbocycles. The van der Waals surface area contributed by atoms with Crippen LogP contribution in [-0.4, -0.2) is 17.4 Å². The van der Waals surface area contributed by atoms with Crippen molar-refractivity contribution in [1.29, 1.82) is 0 Å². The van der Waals surface area contributed by atoms with E-state index in [1.807, 2.05) is 60.7 Å². The standard InChI is InChI=1S/C24H23N3O2S/c1-16(15-25-17(2)28)18-11-12-22-23(13-18)30-24(27-22)29-21-10-6-9-20(14-21)26-19-7-4-3-5-8-19/h3-14,16,26H,15H2,1-2H3,(H,25,28). The molecule has 1 heterocycles. The number of hydrogen-bond donors (Lipinski definition) is 2. The summed E-state index contributed by atoms with van der Waals surface area (Å²) in [6.45, 7) is 4.25. The summed E-state index contributed by atoms with van der Waals surface area (Å²) in [6, 6.07) is 24.0. The predicted molar refractivity (Wildman–Crippen MR) is 123 cm³/mol. The topological polar surface area (TPSA) is 63.2 Å². The molecule has 4 aromatic rings. The lowest BCUT2D eigenvalue weighted by molar-refractivity contribution is -0.119. The zero-order valence-corrected chi connectivity index (χ0v) is 17.7. The van der Waals surface area contributed by atoms with Crippen molar-refractivity contribution >= 4 is 38.8 Å². The Balaban J connectivity index is 1.49. The predicted octanol–water partition coefficient (Wildman–Crippen LogP) is 6.07. The number of fused-ring (bicyclic) bond motifs is 1. The molecule has 0 radical (unpaired) electrons. The molecule has 0 aliphatic carbocycles. The fraction of sp³-hybridized carbons (Fsp3) is 0.167. The third-order valence-electron chi connectivity index (χ3n) is 4.72. The van der Waals surface area contributed by atoms with Crippen LogP contribution in [-0.2, 0) is 4.79 Å². The van der Waals surface area contributed by atoms with Gasteiger partial charge in [-0.1, -0.05) is 48.6 Å². The molecule has 1 amide bonds. The molecule has 30 heavy (non-hydrogen) atoms. The van der Waals surface area contributed by atoms with E-state index in [2.05, 4.69) is 34.7 Å². The van der Waals surface area contributed by atoms with Crippen molar-refractivity contribution in [2.75, 3.05) is 11.9 Å². The first-order chi connectivity index (χ1) is 14.6. The number of benzene rings is 3. The summed E-state index contributed by atoms with van der Waals surface area (Å²) in [7, 11) is 0. The first-order valence-electron chi connectivity index (χ1n) is 9.82. The van der Waals surface area contributed by atoms with E-state index in [9.17, 15) is 4.79 Å². The van der Waals surface area contributed by atoms with Gasteiger partial charge in [-0.25, -0.2) is 4.98 Å². The molecule has 2 N–H and O–H groups in total. The Morgan fingerprint density at radius 1 is 1.03 bits per heavy atom. The molecule has 0 fully saturated rings. The molecule has 4 rings (SSSR count). The van der Waals surface area contributed by atoms with Crippen molar-refractivity contribution in [1.82, 2.24) is 10.3 Å². The Kier molecular flexibility index (Phi) is 5.95. The van der Waals surface area contributed by atoms with Crippen molar-refractivity contribution < 1.29 is 9.53 Å². The molecule has 0 spiro atoms. The zero-order valence-electron chi connectivity index (χ0n) is 16.9. The van der Waals surface area contributed by atoms with Crippen LogP contribution in [0.4, 0.5) is 11.4 Å². The number of hydrogen-bond acceptors (Lipinski definition) is 5.